The van der Waals surface area contributed by atoms with Gasteiger partial charge in [-0.2, -0.15) is 0 Å². The summed E-state index contributed by atoms with van der Waals surface area (Å²) in [6.45, 7) is 1.59. The van der Waals surface area contributed by atoms with E-state index in [2.05, 4.69) is 12.2 Å². The van der Waals surface area contributed by atoms with Gasteiger partial charge >= 0.3 is 0 Å². The molecule has 1 saturated carbocycles. The Balaban J connectivity index is 1.83. The maximum Gasteiger partial charge on any atom is 0.172 e. The van der Waals surface area contributed by atoms with Crippen molar-refractivity contribution in [3.8, 4) is 0 Å². The van der Waals surface area contributed by atoms with Gasteiger partial charge in [-0.05, 0) is 12.3 Å². The smallest absolute Gasteiger partial charge is 0.172 e. The molecule has 0 amide bonds. The van der Waals surface area contributed by atoms with E-state index in [0.29, 0.717) is 5.92 Å². The summed E-state index contributed by atoms with van der Waals surface area (Å²) in [4.78, 5) is 0. The monoisotopic (exact) mass is 152 g/mol. The molecule has 11 heavy (non-hydrogen) atoms. The van der Waals surface area contributed by atoms with Gasteiger partial charge in [0.25, 0.3) is 0 Å². The Hall–Kier alpha value is -0.340. The van der Waals surface area contributed by atoms with E-state index in [1.807, 2.05) is 0 Å². The van der Waals surface area contributed by atoms with Crippen LogP contribution in [0.5, 0.6) is 0 Å². The van der Waals surface area contributed by atoms with E-state index in [4.69, 9.17) is 9.47 Å². The van der Waals surface area contributed by atoms with Crippen molar-refractivity contribution < 1.29 is 9.47 Å². The predicted molar refractivity (Wildman–Crippen MR) is 40.0 cm³/mol. The second kappa shape index (κ2) is 1.87. The predicted octanol–water partition coefficient (Wildman–Crippen LogP) is 1.33. The fraction of sp³-hybridized carbons (Fsp3) is 0.778. The molecule has 2 heteroatoms. The summed E-state index contributed by atoms with van der Waals surface area (Å²) in [7, 11) is 0. The Bertz CT molecular complexity index is 204. The van der Waals surface area contributed by atoms with Gasteiger partial charge in [0.15, 0.2) is 5.79 Å². The zero-order chi connectivity index (χ0) is 7.31. The summed E-state index contributed by atoms with van der Waals surface area (Å²) in [5, 5.41) is 0. The number of hydrogen-bond acceptors (Lipinski definition) is 2. The zero-order valence-corrected chi connectivity index (χ0v) is 6.45. The van der Waals surface area contributed by atoms with Crippen LogP contribution < -0.4 is 0 Å². The van der Waals surface area contributed by atoms with Gasteiger partial charge in [0, 0.05) is 12.3 Å². The first-order chi connectivity index (χ1) is 5.41. The number of hydrogen-bond donors (Lipinski definition) is 0. The summed E-state index contributed by atoms with van der Waals surface area (Å²) < 4.78 is 11.3. The van der Waals surface area contributed by atoms with Crippen LogP contribution in [-0.2, 0) is 9.47 Å². The van der Waals surface area contributed by atoms with Crippen molar-refractivity contribution >= 4 is 0 Å². The Morgan fingerprint density at radius 2 is 2.09 bits per heavy atom. The molecule has 1 heterocycles. The molecule has 2 nitrogen and oxygen atoms in total. The van der Waals surface area contributed by atoms with Crippen molar-refractivity contribution in [2.24, 2.45) is 11.8 Å². The van der Waals surface area contributed by atoms with E-state index < -0.39 is 0 Å². The topological polar surface area (TPSA) is 18.5 Å². The molecule has 60 valence electrons. The lowest BCUT2D eigenvalue weighted by molar-refractivity contribution is -0.262. The van der Waals surface area contributed by atoms with Crippen LogP contribution in [-0.4, -0.2) is 19.0 Å². The summed E-state index contributed by atoms with van der Waals surface area (Å²) in [6, 6.07) is 0. The van der Waals surface area contributed by atoms with Crippen LogP contribution >= 0.6 is 0 Å². The molecule has 0 aromatic heterocycles. The van der Waals surface area contributed by atoms with E-state index >= 15 is 0 Å². The van der Waals surface area contributed by atoms with Gasteiger partial charge in [-0.25, -0.2) is 0 Å². The van der Waals surface area contributed by atoms with E-state index in [-0.39, 0.29) is 5.79 Å². The first-order valence-electron chi connectivity index (χ1n) is 4.35. The van der Waals surface area contributed by atoms with E-state index in [1.54, 1.807) is 0 Å². The Kier molecular flexibility index (Phi) is 1.06. The fourth-order valence-corrected chi connectivity index (χ4v) is 2.55. The van der Waals surface area contributed by atoms with E-state index in [1.165, 1.54) is 0 Å². The molecule has 3 rings (SSSR count). The standard InChI is InChI=1S/C9H12O2/c1-2-7-6-9(8(7)3-1)10-4-5-11-9/h1-2,7-8H,3-6H2/t7-,8-/m0/s1. The first kappa shape index (κ1) is 6.21. The molecule has 0 radical (unpaired) electrons. The van der Waals surface area contributed by atoms with Gasteiger partial charge in [-0.15, -0.1) is 0 Å². The maximum absolute atomic E-state index is 5.63. The van der Waals surface area contributed by atoms with Crippen molar-refractivity contribution in [2.45, 2.75) is 18.6 Å². The van der Waals surface area contributed by atoms with E-state index in [0.717, 1.165) is 32.0 Å². The van der Waals surface area contributed by atoms with Crippen LogP contribution in [0.25, 0.3) is 0 Å². The Labute approximate surface area is 66.2 Å². The number of ether oxygens (including phenoxy) is 2. The van der Waals surface area contributed by atoms with Crippen molar-refractivity contribution in [1.29, 1.82) is 0 Å². The molecule has 2 atom stereocenters. The largest absolute Gasteiger partial charge is 0.347 e. The number of allylic oxidation sites excluding steroid dienone is 2. The molecule has 1 spiro atoms. The zero-order valence-electron chi connectivity index (χ0n) is 6.45. The van der Waals surface area contributed by atoms with Crippen molar-refractivity contribution in [3.05, 3.63) is 12.2 Å². The van der Waals surface area contributed by atoms with Crippen molar-refractivity contribution in [3.63, 3.8) is 0 Å². The van der Waals surface area contributed by atoms with Crippen LogP contribution in [0, 0.1) is 11.8 Å². The van der Waals surface area contributed by atoms with Gasteiger partial charge in [-0.3, -0.25) is 0 Å². The third-order valence-corrected chi connectivity index (χ3v) is 3.15. The summed E-state index contributed by atoms with van der Waals surface area (Å²) >= 11 is 0. The highest BCUT2D eigenvalue weighted by atomic mass is 16.7. The fourth-order valence-electron chi connectivity index (χ4n) is 2.55. The van der Waals surface area contributed by atoms with Crippen molar-refractivity contribution in [2.75, 3.05) is 13.2 Å². The number of fused-ring (bicyclic) bond motifs is 2. The van der Waals surface area contributed by atoms with Gasteiger partial charge in [0.05, 0.1) is 13.2 Å². The summed E-state index contributed by atoms with van der Waals surface area (Å²) in [6.07, 6.45) is 6.81. The molecule has 1 saturated heterocycles. The molecule has 0 N–H and O–H groups in total. The molecule has 0 aromatic rings. The van der Waals surface area contributed by atoms with Gasteiger partial charge in [0.1, 0.15) is 0 Å². The maximum atomic E-state index is 5.63. The minimum Gasteiger partial charge on any atom is -0.347 e. The van der Waals surface area contributed by atoms with Crippen LogP contribution in [0.3, 0.4) is 0 Å². The highest BCUT2D eigenvalue weighted by molar-refractivity contribution is 5.14. The molecule has 0 bridgehead atoms. The van der Waals surface area contributed by atoms with Crippen LogP contribution in [0.4, 0.5) is 0 Å². The quantitative estimate of drug-likeness (QED) is 0.487. The van der Waals surface area contributed by atoms with Crippen LogP contribution in [0.15, 0.2) is 12.2 Å². The Morgan fingerprint density at radius 3 is 2.82 bits per heavy atom. The highest BCUT2D eigenvalue weighted by Gasteiger charge is 2.57. The lowest BCUT2D eigenvalue weighted by Gasteiger charge is -2.47. The Morgan fingerprint density at radius 1 is 1.27 bits per heavy atom. The van der Waals surface area contributed by atoms with E-state index in [9.17, 15) is 0 Å². The molecule has 3 aliphatic rings. The molecular formula is C9H12O2. The SMILES string of the molecule is C1=C[C@H]2CC3(OCCO3)[C@H]2C1. The molecule has 0 aromatic carbocycles. The number of rotatable bonds is 0. The second-order valence-electron chi connectivity index (χ2n) is 3.65. The first-order valence-corrected chi connectivity index (χ1v) is 4.35. The third kappa shape index (κ3) is 0.644. The molecule has 2 aliphatic carbocycles. The lowest BCUT2D eigenvalue weighted by Crippen LogP contribution is -2.52. The molecule has 1 aliphatic heterocycles. The van der Waals surface area contributed by atoms with Gasteiger partial charge < -0.3 is 9.47 Å². The average Bonchev–Trinajstić information content (AvgIpc) is 2.52. The normalized spacial score (nSPS) is 44.4. The van der Waals surface area contributed by atoms with Gasteiger partial charge in [0.2, 0.25) is 0 Å². The summed E-state index contributed by atoms with van der Waals surface area (Å²) in [5.41, 5.74) is 0. The van der Waals surface area contributed by atoms with Crippen LogP contribution in [0.1, 0.15) is 12.8 Å². The van der Waals surface area contributed by atoms with Gasteiger partial charge in [-0.1, -0.05) is 12.2 Å². The molecular weight excluding hydrogens is 140 g/mol. The summed E-state index contributed by atoms with van der Waals surface area (Å²) in [5.74, 6) is 1.26. The lowest BCUT2D eigenvalue weighted by atomic mass is 9.70. The third-order valence-electron chi connectivity index (χ3n) is 3.15. The molecule has 0 unspecified atom stereocenters. The second-order valence-corrected chi connectivity index (χ2v) is 3.65. The van der Waals surface area contributed by atoms with Crippen molar-refractivity contribution in [1.82, 2.24) is 0 Å². The molecule has 2 fully saturated rings. The minimum absolute atomic E-state index is 0.145. The minimum atomic E-state index is -0.145. The van der Waals surface area contributed by atoms with Crippen LogP contribution in [0.2, 0.25) is 0 Å². The average molecular weight is 152 g/mol. The highest BCUT2D eigenvalue weighted by Crippen LogP contribution is 2.54.